The highest BCUT2D eigenvalue weighted by Gasteiger charge is 2.31. The Labute approximate surface area is 169 Å². The Morgan fingerprint density at radius 2 is 1.72 bits per heavy atom. The largest absolute Gasteiger partial charge is 0.491 e. The molecular weight excluding hydrogens is 381 g/mol. The average Bonchev–Trinajstić information content (AvgIpc) is 2.73. The highest BCUT2D eigenvalue weighted by Crippen LogP contribution is 2.31. The Bertz CT molecular complexity index is 772. The zero-order valence-electron chi connectivity index (χ0n) is 16.5. The van der Waals surface area contributed by atoms with Gasteiger partial charge in [-0.1, -0.05) is 25.1 Å². The van der Waals surface area contributed by atoms with E-state index in [0.29, 0.717) is 38.4 Å². The lowest BCUT2D eigenvalue weighted by Crippen LogP contribution is -2.49. The zero-order chi connectivity index (χ0) is 20.9. The van der Waals surface area contributed by atoms with Crippen molar-refractivity contribution in [1.29, 1.82) is 0 Å². The minimum Gasteiger partial charge on any atom is -0.491 e. The monoisotopic (exact) mass is 408 g/mol. The van der Waals surface area contributed by atoms with Crippen LogP contribution >= 0.6 is 0 Å². The highest BCUT2D eigenvalue weighted by atomic mass is 19.4. The number of alkyl halides is 3. The van der Waals surface area contributed by atoms with Crippen LogP contribution < -0.4 is 9.64 Å². The third-order valence-electron chi connectivity index (χ3n) is 5.15. The third-order valence-corrected chi connectivity index (χ3v) is 5.15. The van der Waals surface area contributed by atoms with Crippen molar-refractivity contribution >= 4 is 5.69 Å². The first-order valence-electron chi connectivity index (χ1n) is 9.89. The van der Waals surface area contributed by atoms with E-state index in [9.17, 15) is 18.3 Å². The molecule has 0 saturated carbocycles. The van der Waals surface area contributed by atoms with Crippen LogP contribution in [0.1, 0.15) is 18.1 Å². The van der Waals surface area contributed by atoms with Gasteiger partial charge in [0, 0.05) is 38.4 Å². The number of piperazine rings is 1. The van der Waals surface area contributed by atoms with E-state index in [1.165, 1.54) is 17.7 Å². The summed E-state index contributed by atoms with van der Waals surface area (Å²) < 4.78 is 44.4. The number of aryl methyl sites for hydroxylation is 1. The molecule has 2 aromatic carbocycles. The van der Waals surface area contributed by atoms with Crippen LogP contribution in [0.4, 0.5) is 18.9 Å². The molecule has 1 N–H and O–H groups in total. The van der Waals surface area contributed by atoms with Crippen LogP contribution in [0.15, 0.2) is 48.5 Å². The summed E-state index contributed by atoms with van der Waals surface area (Å²) in [4.78, 5) is 4.06. The fraction of sp³-hybridized carbons (Fsp3) is 0.455. The van der Waals surface area contributed by atoms with Crippen molar-refractivity contribution in [2.75, 3.05) is 44.2 Å². The molecule has 1 fully saturated rings. The maximum absolute atomic E-state index is 12.9. The summed E-state index contributed by atoms with van der Waals surface area (Å²) in [6, 6.07) is 13.3. The molecular formula is C22H27F3N2O2. The number of aliphatic hydroxyl groups is 1. The van der Waals surface area contributed by atoms with Crippen LogP contribution in [0, 0.1) is 0 Å². The van der Waals surface area contributed by atoms with Crippen LogP contribution in [0.25, 0.3) is 0 Å². The number of rotatable bonds is 7. The van der Waals surface area contributed by atoms with Crippen LogP contribution in [0.2, 0.25) is 0 Å². The SMILES string of the molecule is CCc1ccc(OCC(O)CN2CCN(c3cccc(C(F)(F)F)c3)CC2)cc1. The molecule has 0 aromatic heterocycles. The van der Waals surface area contributed by atoms with Crippen molar-refractivity contribution in [3.05, 3.63) is 59.7 Å². The van der Waals surface area contributed by atoms with Crippen molar-refractivity contribution in [2.45, 2.75) is 25.6 Å². The molecule has 1 unspecified atom stereocenters. The molecule has 1 atom stereocenters. The van der Waals surface area contributed by atoms with E-state index >= 15 is 0 Å². The summed E-state index contributed by atoms with van der Waals surface area (Å²) in [6.07, 6.45) is -3.99. The van der Waals surface area contributed by atoms with Gasteiger partial charge >= 0.3 is 6.18 Å². The minimum absolute atomic E-state index is 0.208. The maximum Gasteiger partial charge on any atom is 0.416 e. The van der Waals surface area contributed by atoms with Gasteiger partial charge in [0.25, 0.3) is 0 Å². The molecule has 0 amide bonds. The topological polar surface area (TPSA) is 35.9 Å². The second kappa shape index (κ2) is 9.50. The molecule has 0 radical (unpaired) electrons. The maximum atomic E-state index is 12.9. The van der Waals surface area contributed by atoms with E-state index < -0.39 is 17.8 Å². The quantitative estimate of drug-likeness (QED) is 0.756. The second-order valence-corrected chi connectivity index (χ2v) is 7.30. The van der Waals surface area contributed by atoms with Gasteiger partial charge < -0.3 is 14.7 Å². The average molecular weight is 408 g/mol. The Morgan fingerprint density at radius 3 is 2.34 bits per heavy atom. The van der Waals surface area contributed by atoms with E-state index in [-0.39, 0.29) is 6.61 Å². The molecule has 0 spiro atoms. The standard InChI is InChI=1S/C22H27F3N2O2/c1-2-17-6-8-21(9-7-17)29-16-20(28)15-26-10-12-27(13-11-26)19-5-3-4-18(14-19)22(23,24)25/h3-9,14,20,28H,2,10-13,15-16H2,1H3. The Kier molecular flexibility index (Phi) is 7.03. The first-order chi connectivity index (χ1) is 13.8. The van der Waals surface area contributed by atoms with Gasteiger partial charge in [-0.15, -0.1) is 0 Å². The van der Waals surface area contributed by atoms with Crippen molar-refractivity contribution in [3.8, 4) is 5.75 Å². The number of anilines is 1. The summed E-state index contributed by atoms with van der Waals surface area (Å²) in [7, 11) is 0. The zero-order valence-corrected chi connectivity index (χ0v) is 16.5. The lowest BCUT2D eigenvalue weighted by atomic mass is 10.1. The molecule has 3 rings (SSSR count). The van der Waals surface area contributed by atoms with Crippen molar-refractivity contribution in [2.24, 2.45) is 0 Å². The number of ether oxygens (including phenoxy) is 1. The number of hydrogen-bond acceptors (Lipinski definition) is 4. The van der Waals surface area contributed by atoms with Gasteiger partial charge in [0.1, 0.15) is 18.5 Å². The van der Waals surface area contributed by atoms with Gasteiger partial charge in [0.2, 0.25) is 0 Å². The summed E-state index contributed by atoms with van der Waals surface area (Å²) in [5.41, 5.74) is 1.19. The fourth-order valence-electron chi connectivity index (χ4n) is 3.43. The van der Waals surface area contributed by atoms with Crippen LogP contribution in [0.3, 0.4) is 0 Å². The predicted octanol–water partition coefficient (Wildman–Crippen LogP) is 3.83. The van der Waals surface area contributed by atoms with Crippen molar-refractivity contribution in [1.82, 2.24) is 4.90 Å². The van der Waals surface area contributed by atoms with Gasteiger partial charge in [-0.25, -0.2) is 0 Å². The van der Waals surface area contributed by atoms with Crippen LogP contribution in [-0.2, 0) is 12.6 Å². The molecule has 4 nitrogen and oxygen atoms in total. The summed E-state index contributed by atoms with van der Waals surface area (Å²) in [5.74, 6) is 0.732. The number of hydrogen-bond donors (Lipinski definition) is 1. The molecule has 0 bridgehead atoms. The second-order valence-electron chi connectivity index (χ2n) is 7.30. The van der Waals surface area contributed by atoms with Crippen LogP contribution in [-0.4, -0.2) is 55.4 Å². The fourth-order valence-corrected chi connectivity index (χ4v) is 3.43. The molecule has 1 heterocycles. The first-order valence-corrected chi connectivity index (χ1v) is 9.89. The molecule has 158 valence electrons. The Morgan fingerprint density at radius 1 is 1.03 bits per heavy atom. The molecule has 0 aliphatic carbocycles. The van der Waals surface area contributed by atoms with E-state index in [1.54, 1.807) is 6.07 Å². The molecule has 1 aliphatic rings. The van der Waals surface area contributed by atoms with Crippen LogP contribution in [0.5, 0.6) is 5.75 Å². The lowest BCUT2D eigenvalue weighted by Gasteiger charge is -2.37. The Hall–Kier alpha value is -2.25. The smallest absolute Gasteiger partial charge is 0.416 e. The third kappa shape index (κ3) is 6.11. The molecule has 7 heteroatoms. The van der Waals surface area contributed by atoms with Gasteiger partial charge in [-0.3, -0.25) is 4.90 Å². The number of nitrogens with zero attached hydrogens (tertiary/aromatic N) is 2. The normalized spacial score (nSPS) is 16.7. The van der Waals surface area contributed by atoms with Crippen molar-refractivity contribution in [3.63, 3.8) is 0 Å². The van der Waals surface area contributed by atoms with E-state index in [0.717, 1.165) is 18.2 Å². The van der Waals surface area contributed by atoms with E-state index in [2.05, 4.69) is 11.8 Å². The minimum atomic E-state index is -4.33. The number of aliphatic hydroxyl groups excluding tert-OH is 1. The predicted molar refractivity (Wildman–Crippen MR) is 107 cm³/mol. The Balaban J connectivity index is 1.44. The summed E-state index contributed by atoms with van der Waals surface area (Å²) in [5, 5.41) is 10.3. The number of halogens is 3. The van der Waals surface area contributed by atoms with Crippen molar-refractivity contribution < 1.29 is 23.0 Å². The molecule has 1 aliphatic heterocycles. The first kappa shape index (κ1) is 21.5. The van der Waals surface area contributed by atoms with E-state index in [1.807, 2.05) is 29.2 Å². The van der Waals surface area contributed by atoms with Gasteiger partial charge in [0.15, 0.2) is 0 Å². The van der Waals surface area contributed by atoms with E-state index in [4.69, 9.17) is 4.74 Å². The summed E-state index contributed by atoms with van der Waals surface area (Å²) >= 11 is 0. The highest BCUT2D eigenvalue weighted by molar-refractivity contribution is 5.49. The van der Waals surface area contributed by atoms with Gasteiger partial charge in [-0.2, -0.15) is 13.2 Å². The number of benzene rings is 2. The van der Waals surface area contributed by atoms with Gasteiger partial charge in [0.05, 0.1) is 5.56 Å². The summed E-state index contributed by atoms with van der Waals surface area (Å²) in [6.45, 7) is 5.37. The lowest BCUT2D eigenvalue weighted by molar-refractivity contribution is -0.137. The molecule has 1 saturated heterocycles. The van der Waals surface area contributed by atoms with Gasteiger partial charge in [-0.05, 0) is 42.3 Å². The molecule has 29 heavy (non-hydrogen) atoms. The molecule has 2 aromatic rings. The number of β-amino-alcohol motifs (C(OH)–C–C–N with tert-alkyl or cyclic N) is 1.